The van der Waals surface area contributed by atoms with Crippen LogP contribution in [0, 0.1) is 0 Å². The highest BCUT2D eigenvalue weighted by atomic mass is 16.5. The van der Waals surface area contributed by atoms with Crippen molar-refractivity contribution < 1.29 is 9.53 Å². The number of hydrogen-bond donors (Lipinski definition) is 0. The molecule has 2 aromatic carbocycles. The van der Waals surface area contributed by atoms with Gasteiger partial charge in [-0.05, 0) is 50.4 Å². The number of rotatable bonds is 7. The lowest BCUT2D eigenvalue weighted by Crippen LogP contribution is -2.61. The van der Waals surface area contributed by atoms with Gasteiger partial charge >= 0.3 is 0 Å². The SMILES string of the molecule is COC(C(=O)N1CCC(CCc2ccccc2)(N2CCN(C)CC2)CC1)c1ccc2ccccc2n1. The van der Waals surface area contributed by atoms with Gasteiger partial charge < -0.3 is 14.5 Å². The number of methoxy groups -OCH3 is 1. The molecular weight excluding hydrogens is 448 g/mol. The summed E-state index contributed by atoms with van der Waals surface area (Å²) in [5, 5.41) is 1.07. The summed E-state index contributed by atoms with van der Waals surface area (Å²) >= 11 is 0. The number of fused-ring (bicyclic) bond motifs is 1. The molecule has 0 N–H and O–H groups in total. The number of hydrogen-bond acceptors (Lipinski definition) is 5. The number of pyridine rings is 1. The second-order valence-corrected chi connectivity index (χ2v) is 10.4. The average Bonchev–Trinajstić information content (AvgIpc) is 2.93. The van der Waals surface area contributed by atoms with Crippen LogP contribution in [0.3, 0.4) is 0 Å². The van der Waals surface area contributed by atoms with Crippen molar-refractivity contribution in [3.8, 4) is 0 Å². The normalized spacial score (nSPS) is 19.9. The summed E-state index contributed by atoms with van der Waals surface area (Å²) in [6, 6.07) is 22.7. The van der Waals surface area contributed by atoms with Crippen LogP contribution in [-0.4, -0.2) is 84.6 Å². The number of carbonyl (C=O) groups excluding carboxylic acids is 1. The Kier molecular flexibility index (Phi) is 7.65. The number of piperazine rings is 1. The first-order valence-corrected chi connectivity index (χ1v) is 13.2. The van der Waals surface area contributed by atoms with Crippen molar-refractivity contribution in [3.63, 3.8) is 0 Å². The monoisotopic (exact) mass is 486 g/mol. The molecule has 190 valence electrons. The lowest BCUT2D eigenvalue weighted by atomic mass is 9.80. The number of likely N-dealkylation sites (N-methyl/N-ethyl adjacent to an activating group) is 1. The van der Waals surface area contributed by atoms with Gasteiger partial charge in [-0.3, -0.25) is 9.69 Å². The molecule has 2 aliphatic heterocycles. The first kappa shape index (κ1) is 24.9. The van der Waals surface area contributed by atoms with Gasteiger partial charge in [-0.2, -0.15) is 0 Å². The first-order valence-electron chi connectivity index (χ1n) is 13.2. The van der Waals surface area contributed by atoms with Gasteiger partial charge in [0.05, 0.1) is 11.2 Å². The fourth-order valence-corrected chi connectivity index (χ4v) is 5.91. The first-order chi connectivity index (χ1) is 17.6. The summed E-state index contributed by atoms with van der Waals surface area (Å²) < 4.78 is 5.72. The Morgan fingerprint density at radius 2 is 1.61 bits per heavy atom. The summed E-state index contributed by atoms with van der Waals surface area (Å²) in [6.07, 6.45) is 3.52. The molecule has 0 bridgehead atoms. The van der Waals surface area contributed by atoms with E-state index >= 15 is 0 Å². The molecule has 3 heterocycles. The zero-order valence-corrected chi connectivity index (χ0v) is 21.6. The Bertz CT molecular complexity index is 1150. The highest BCUT2D eigenvalue weighted by molar-refractivity contribution is 5.84. The molecule has 2 aliphatic rings. The molecule has 1 aromatic heterocycles. The van der Waals surface area contributed by atoms with Crippen molar-refractivity contribution in [1.29, 1.82) is 0 Å². The number of nitrogens with zero attached hydrogens (tertiary/aromatic N) is 4. The standard InChI is InChI=1S/C30H38N4O2/c1-32-20-22-34(23-21-32)30(15-14-24-8-4-3-5-9-24)16-18-33(19-17-30)29(35)28(36-2)27-13-12-25-10-6-7-11-26(25)31-27/h3-13,28H,14-23H2,1-2H3. The van der Waals surface area contributed by atoms with E-state index in [1.807, 2.05) is 41.3 Å². The fraction of sp³-hybridized carbons (Fsp3) is 0.467. The zero-order chi connectivity index (χ0) is 25.0. The summed E-state index contributed by atoms with van der Waals surface area (Å²) in [6.45, 7) is 5.92. The number of benzene rings is 2. The van der Waals surface area contributed by atoms with Crippen molar-refractivity contribution in [2.45, 2.75) is 37.3 Å². The molecular formula is C30H38N4O2. The van der Waals surface area contributed by atoms with Gasteiger partial charge in [0.15, 0.2) is 6.10 Å². The van der Waals surface area contributed by atoms with E-state index in [9.17, 15) is 4.79 Å². The van der Waals surface area contributed by atoms with Crippen molar-refractivity contribution in [1.82, 2.24) is 19.7 Å². The van der Waals surface area contributed by atoms with Crippen LogP contribution in [0.1, 0.15) is 36.6 Å². The zero-order valence-electron chi connectivity index (χ0n) is 21.6. The minimum Gasteiger partial charge on any atom is -0.365 e. The molecule has 2 fully saturated rings. The third kappa shape index (κ3) is 5.31. The molecule has 0 saturated carbocycles. The Morgan fingerprint density at radius 1 is 0.917 bits per heavy atom. The number of carbonyl (C=O) groups is 1. The van der Waals surface area contributed by atoms with Crippen molar-refractivity contribution in [2.75, 3.05) is 53.4 Å². The Hall–Kier alpha value is -2.80. The second-order valence-electron chi connectivity index (χ2n) is 10.4. The van der Waals surface area contributed by atoms with Crippen molar-refractivity contribution >= 4 is 16.8 Å². The van der Waals surface area contributed by atoms with E-state index < -0.39 is 6.10 Å². The average molecular weight is 487 g/mol. The third-order valence-electron chi connectivity index (χ3n) is 8.25. The van der Waals surface area contributed by atoms with Gasteiger partial charge in [0.25, 0.3) is 5.91 Å². The largest absolute Gasteiger partial charge is 0.365 e. The second kappa shape index (κ2) is 11.1. The van der Waals surface area contributed by atoms with E-state index in [4.69, 9.17) is 9.72 Å². The molecule has 0 aliphatic carbocycles. The Balaban J connectivity index is 1.30. The van der Waals surface area contributed by atoms with Gasteiger partial charge in [0.2, 0.25) is 0 Å². The van der Waals surface area contributed by atoms with E-state index in [0.29, 0.717) is 5.69 Å². The minimum atomic E-state index is -0.671. The molecule has 5 rings (SSSR count). The van der Waals surface area contributed by atoms with Crippen LogP contribution in [0.5, 0.6) is 0 Å². The maximum Gasteiger partial charge on any atom is 0.257 e. The molecule has 0 spiro atoms. The molecule has 36 heavy (non-hydrogen) atoms. The summed E-state index contributed by atoms with van der Waals surface area (Å²) in [4.78, 5) is 25.5. The maximum absolute atomic E-state index is 13.6. The van der Waals surface area contributed by atoms with Crippen molar-refractivity contribution in [3.05, 3.63) is 78.0 Å². The van der Waals surface area contributed by atoms with E-state index in [0.717, 1.165) is 75.9 Å². The van der Waals surface area contributed by atoms with Crippen LogP contribution in [0.2, 0.25) is 0 Å². The van der Waals surface area contributed by atoms with E-state index in [2.05, 4.69) is 47.2 Å². The van der Waals surface area contributed by atoms with Gasteiger partial charge in [-0.15, -0.1) is 0 Å². The molecule has 1 unspecified atom stereocenters. The van der Waals surface area contributed by atoms with Crippen LogP contribution in [-0.2, 0) is 16.0 Å². The van der Waals surface area contributed by atoms with E-state index in [1.54, 1.807) is 7.11 Å². The maximum atomic E-state index is 13.6. The van der Waals surface area contributed by atoms with Crippen LogP contribution in [0.4, 0.5) is 0 Å². The van der Waals surface area contributed by atoms with Gasteiger partial charge in [-0.1, -0.05) is 54.6 Å². The quantitative estimate of drug-likeness (QED) is 0.502. The van der Waals surface area contributed by atoms with E-state index in [-0.39, 0.29) is 11.4 Å². The smallest absolute Gasteiger partial charge is 0.257 e. The fourth-order valence-electron chi connectivity index (χ4n) is 5.91. The van der Waals surface area contributed by atoms with Gasteiger partial charge in [-0.25, -0.2) is 4.98 Å². The molecule has 3 aromatic rings. The molecule has 6 nitrogen and oxygen atoms in total. The van der Waals surface area contributed by atoms with Gasteiger partial charge in [0.1, 0.15) is 0 Å². The van der Waals surface area contributed by atoms with E-state index in [1.165, 1.54) is 5.56 Å². The highest BCUT2D eigenvalue weighted by Crippen LogP contribution is 2.35. The van der Waals surface area contributed by atoms with Gasteiger partial charge in [0, 0.05) is 57.3 Å². The summed E-state index contributed by atoms with van der Waals surface area (Å²) in [7, 11) is 3.82. The number of likely N-dealkylation sites (tertiary alicyclic amines) is 1. The van der Waals surface area contributed by atoms with Crippen molar-refractivity contribution in [2.24, 2.45) is 0 Å². The molecule has 0 radical (unpaired) electrons. The highest BCUT2D eigenvalue weighted by Gasteiger charge is 2.42. The lowest BCUT2D eigenvalue weighted by Gasteiger charge is -2.51. The lowest BCUT2D eigenvalue weighted by molar-refractivity contribution is -0.146. The number of aromatic nitrogens is 1. The molecule has 1 atom stereocenters. The molecule has 2 saturated heterocycles. The number of amides is 1. The van der Waals surface area contributed by atoms with Crippen LogP contribution < -0.4 is 0 Å². The number of piperidine rings is 1. The molecule has 6 heteroatoms. The third-order valence-corrected chi connectivity index (χ3v) is 8.25. The molecule has 1 amide bonds. The minimum absolute atomic E-state index is 0.0234. The Labute approximate surface area is 214 Å². The summed E-state index contributed by atoms with van der Waals surface area (Å²) in [5.41, 5.74) is 3.10. The Morgan fingerprint density at radius 3 is 2.33 bits per heavy atom. The number of ether oxygens (including phenoxy) is 1. The van der Waals surface area contributed by atoms with Crippen LogP contribution in [0.25, 0.3) is 10.9 Å². The summed E-state index contributed by atoms with van der Waals surface area (Å²) in [5.74, 6) is 0.0234. The number of aryl methyl sites for hydroxylation is 1. The van der Waals surface area contributed by atoms with Crippen LogP contribution >= 0.6 is 0 Å². The van der Waals surface area contributed by atoms with Crippen LogP contribution in [0.15, 0.2) is 66.7 Å². The topological polar surface area (TPSA) is 48.9 Å². The predicted molar refractivity (Wildman–Crippen MR) is 144 cm³/mol. The predicted octanol–water partition coefficient (Wildman–Crippen LogP) is 4.16. The number of para-hydroxylation sites is 1.